The molecule has 0 saturated carbocycles. The Bertz CT molecular complexity index is 1420. The topological polar surface area (TPSA) is 90.0 Å². The first-order valence-corrected chi connectivity index (χ1v) is 14.8. The molecule has 0 aliphatic carbocycles. The van der Waals surface area contributed by atoms with Gasteiger partial charge in [0.2, 0.25) is 11.8 Å². The first-order valence-electron chi connectivity index (χ1n) is 13.4. The molecule has 0 fully saturated rings. The summed E-state index contributed by atoms with van der Waals surface area (Å²) in [6, 6.07) is 21.9. The van der Waals surface area contributed by atoms with Gasteiger partial charge in [-0.3, -0.25) is 9.59 Å². The number of anilines is 1. The molecule has 1 N–H and O–H groups in total. The number of likely N-dealkylation sites (N-methyl/N-ethyl adjacent to an activating group) is 1. The van der Waals surface area contributed by atoms with Crippen molar-refractivity contribution in [3.63, 3.8) is 0 Å². The van der Waals surface area contributed by atoms with Gasteiger partial charge in [0.05, 0.1) is 5.69 Å². The van der Waals surface area contributed by atoms with Gasteiger partial charge in [-0.15, -0.1) is 0 Å². The van der Waals surface area contributed by atoms with Crippen LogP contribution in [0.1, 0.15) is 34.7 Å². The number of hydrogen-bond acceptors (Lipinski definition) is 4. The van der Waals surface area contributed by atoms with E-state index in [4.69, 9.17) is 0 Å². The molecular weight excluding hydrogens is 524 g/mol. The van der Waals surface area contributed by atoms with Gasteiger partial charge >= 0.3 is 10.2 Å². The fourth-order valence-electron chi connectivity index (χ4n) is 4.51. The predicted octanol–water partition coefficient (Wildman–Crippen LogP) is 4.00. The maximum atomic E-state index is 14.3. The Morgan fingerprint density at radius 2 is 1.52 bits per heavy atom. The number of nitrogens with zero attached hydrogens (tertiary/aromatic N) is 3. The van der Waals surface area contributed by atoms with E-state index in [0.29, 0.717) is 12.2 Å². The largest absolute Gasteiger partial charge is 0.355 e. The number of carbonyl (C=O) groups is 2. The van der Waals surface area contributed by atoms with Crippen molar-refractivity contribution in [1.82, 2.24) is 14.5 Å². The zero-order chi connectivity index (χ0) is 29.4. The number of aryl methyl sites for hydroxylation is 3. The summed E-state index contributed by atoms with van der Waals surface area (Å²) in [4.78, 5) is 29.3. The van der Waals surface area contributed by atoms with Crippen LogP contribution in [0.2, 0.25) is 0 Å². The van der Waals surface area contributed by atoms with E-state index in [1.54, 1.807) is 6.07 Å². The van der Waals surface area contributed by atoms with E-state index in [9.17, 15) is 18.0 Å². The molecule has 0 unspecified atom stereocenters. The molecule has 0 aliphatic rings. The van der Waals surface area contributed by atoms with E-state index in [0.717, 1.165) is 36.4 Å². The van der Waals surface area contributed by atoms with Crippen LogP contribution in [0, 0.1) is 20.8 Å². The molecule has 0 bridgehead atoms. The summed E-state index contributed by atoms with van der Waals surface area (Å²) in [6.07, 6.45) is 0.286. The molecule has 1 atom stereocenters. The molecule has 3 aromatic carbocycles. The van der Waals surface area contributed by atoms with Gasteiger partial charge in [0.25, 0.3) is 0 Å². The van der Waals surface area contributed by atoms with E-state index in [1.807, 2.05) is 94.4 Å². The van der Waals surface area contributed by atoms with Gasteiger partial charge < -0.3 is 10.2 Å². The van der Waals surface area contributed by atoms with Crippen molar-refractivity contribution in [2.75, 3.05) is 31.5 Å². The molecule has 8 nitrogen and oxygen atoms in total. The Balaban J connectivity index is 2.12. The average Bonchev–Trinajstić information content (AvgIpc) is 2.92. The number of amides is 2. The lowest BCUT2D eigenvalue weighted by Gasteiger charge is -2.35. The van der Waals surface area contributed by atoms with Crippen LogP contribution in [-0.2, 0) is 32.8 Å². The molecule has 0 heterocycles. The molecule has 0 aliphatic heterocycles. The molecular formula is C31H40N4O4S. The SMILES string of the molecule is CCNC(=O)[C@H](Cc1ccccc1)N(Cc1ccccc1C)C(=O)CN(c1cc(C)ccc1C)S(=O)(=O)N(C)C. The highest BCUT2D eigenvalue weighted by Gasteiger charge is 2.35. The van der Waals surface area contributed by atoms with Gasteiger partial charge in [-0.2, -0.15) is 12.7 Å². The van der Waals surface area contributed by atoms with Crippen molar-refractivity contribution >= 4 is 27.7 Å². The molecule has 9 heteroatoms. The van der Waals surface area contributed by atoms with E-state index < -0.39 is 28.7 Å². The third-order valence-electron chi connectivity index (χ3n) is 6.88. The van der Waals surface area contributed by atoms with Crippen molar-refractivity contribution in [2.45, 2.75) is 46.7 Å². The van der Waals surface area contributed by atoms with Gasteiger partial charge in [-0.05, 0) is 61.6 Å². The minimum absolute atomic E-state index is 0.156. The predicted molar refractivity (Wildman–Crippen MR) is 160 cm³/mol. The summed E-state index contributed by atoms with van der Waals surface area (Å²) >= 11 is 0. The second kappa shape index (κ2) is 13.6. The zero-order valence-corrected chi connectivity index (χ0v) is 25.0. The molecule has 3 aromatic rings. The fourth-order valence-corrected chi connectivity index (χ4v) is 5.62. The first-order chi connectivity index (χ1) is 18.9. The minimum atomic E-state index is -4.04. The summed E-state index contributed by atoms with van der Waals surface area (Å²) in [5, 5.41) is 2.88. The van der Waals surface area contributed by atoms with Gasteiger partial charge in [-0.1, -0.05) is 66.7 Å². The molecule has 0 aromatic heterocycles. The molecule has 0 saturated heterocycles. The highest BCUT2D eigenvalue weighted by molar-refractivity contribution is 7.90. The quantitative estimate of drug-likeness (QED) is 0.360. The van der Waals surface area contributed by atoms with Gasteiger partial charge in [-0.25, -0.2) is 4.31 Å². The standard InChI is InChI=1S/C31H40N4O4S/c1-7-32-31(37)29(20-26-14-9-8-10-15-26)34(21-27-16-12-11-13-24(27)3)30(36)22-35(40(38,39)33(5)6)28-19-23(2)17-18-25(28)4/h8-19,29H,7,20-22H2,1-6H3,(H,32,37)/t29-/m0/s1. The molecule has 0 spiro atoms. The molecule has 40 heavy (non-hydrogen) atoms. The van der Waals surface area contributed by atoms with Crippen LogP contribution in [0.5, 0.6) is 0 Å². The van der Waals surface area contributed by atoms with E-state index >= 15 is 0 Å². The number of rotatable bonds is 12. The molecule has 2 amide bonds. The second-order valence-electron chi connectivity index (χ2n) is 10.1. The summed E-state index contributed by atoms with van der Waals surface area (Å²) in [5.41, 5.74) is 4.77. The highest BCUT2D eigenvalue weighted by atomic mass is 32.2. The molecule has 214 valence electrons. The van der Waals surface area contributed by atoms with Gasteiger partial charge in [0.1, 0.15) is 12.6 Å². The van der Waals surface area contributed by atoms with Crippen molar-refractivity contribution < 1.29 is 18.0 Å². The lowest BCUT2D eigenvalue weighted by atomic mass is 10.0. The highest BCUT2D eigenvalue weighted by Crippen LogP contribution is 2.26. The Morgan fingerprint density at radius 3 is 2.15 bits per heavy atom. The van der Waals surface area contributed by atoms with Crippen molar-refractivity contribution in [3.8, 4) is 0 Å². The average molecular weight is 565 g/mol. The summed E-state index contributed by atoms with van der Waals surface area (Å²) in [5.74, 6) is -0.760. The van der Waals surface area contributed by atoms with Gasteiger partial charge in [0.15, 0.2) is 0 Å². The lowest BCUT2D eigenvalue weighted by Crippen LogP contribution is -2.54. The molecule has 3 rings (SSSR count). The Hall–Kier alpha value is -3.69. The Morgan fingerprint density at radius 1 is 0.875 bits per heavy atom. The maximum Gasteiger partial charge on any atom is 0.304 e. The fraction of sp³-hybridized carbons (Fsp3) is 0.355. The first kappa shape index (κ1) is 30.8. The van der Waals surface area contributed by atoms with Crippen molar-refractivity contribution in [3.05, 3.63) is 101 Å². The smallest absolute Gasteiger partial charge is 0.304 e. The second-order valence-corrected chi connectivity index (χ2v) is 12.2. The number of hydrogen-bond donors (Lipinski definition) is 1. The summed E-state index contributed by atoms with van der Waals surface area (Å²) < 4.78 is 29.4. The normalized spacial score (nSPS) is 12.2. The number of benzene rings is 3. The number of nitrogens with one attached hydrogen (secondary N) is 1. The van der Waals surface area contributed by atoms with Crippen LogP contribution in [0.15, 0.2) is 72.8 Å². The Kier molecular flexibility index (Phi) is 10.5. The summed E-state index contributed by atoms with van der Waals surface area (Å²) in [6.45, 7) is 7.58. The third kappa shape index (κ3) is 7.49. The van der Waals surface area contributed by atoms with Crippen molar-refractivity contribution in [1.29, 1.82) is 0 Å². The van der Waals surface area contributed by atoms with Crippen LogP contribution in [0.25, 0.3) is 0 Å². The van der Waals surface area contributed by atoms with Crippen LogP contribution in [-0.4, -0.2) is 62.7 Å². The maximum absolute atomic E-state index is 14.3. The van der Waals surface area contributed by atoms with Crippen LogP contribution in [0.4, 0.5) is 5.69 Å². The minimum Gasteiger partial charge on any atom is -0.355 e. The van der Waals surface area contributed by atoms with Gasteiger partial charge in [0, 0.05) is 33.6 Å². The van der Waals surface area contributed by atoms with Crippen molar-refractivity contribution in [2.24, 2.45) is 0 Å². The van der Waals surface area contributed by atoms with E-state index in [-0.39, 0.29) is 18.9 Å². The van der Waals surface area contributed by atoms with E-state index in [2.05, 4.69) is 5.32 Å². The lowest BCUT2D eigenvalue weighted by molar-refractivity contribution is -0.140. The third-order valence-corrected chi connectivity index (χ3v) is 8.68. The van der Waals surface area contributed by atoms with E-state index in [1.165, 1.54) is 19.0 Å². The zero-order valence-electron chi connectivity index (χ0n) is 24.2. The van der Waals surface area contributed by atoms with Crippen LogP contribution in [0.3, 0.4) is 0 Å². The summed E-state index contributed by atoms with van der Waals surface area (Å²) in [7, 11) is -1.16. The van der Waals surface area contributed by atoms with Crippen LogP contribution < -0.4 is 9.62 Å². The van der Waals surface area contributed by atoms with Crippen LogP contribution >= 0.6 is 0 Å². The molecule has 0 radical (unpaired) electrons. The Labute approximate surface area is 238 Å². The monoisotopic (exact) mass is 564 g/mol. The number of carbonyl (C=O) groups excluding carboxylic acids is 2.